The number of halogens is 1. The van der Waals surface area contributed by atoms with Crippen molar-refractivity contribution in [3.8, 4) is 5.75 Å². The predicted molar refractivity (Wildman–Crippen MR) is 109 cm³/mol. The minimum absolute atomic E-state index is 0.0142. The maximum absolute atomic E-state index is 13.2. The number of pyridine rings is 2. The van der Waals surface area contributed by atoms with Gasteiger partial charge < -0.3 is 14.7 Å². The lowest BCUT2D eigenvalue weighted by Gasteiger charge is -2.20. The Bertz CT molecular complexity index is 1100. The van der Waals surface area contributed by atoms with Gasteiger partial charge in [-0.2, -0.15) is 0 Å². The second-order valence-corrected chi connectivity index (χ2v) is 6.67. The predicted octanol–water partition coefficient (Wildman–Crippen LogP) is 3.33. The van der Waals surface area contributed by atoms with Gasteiger partial charge in [-0.3, -0.25) is 9.78 Å². The molecule has 156 valence electrons. The third-order valence-electron chi connectivity index (χ3n) is 4.83. The molecule has 3 aromatic rings. The van der Waals surface area contributed by atoms with Gasteiger partial charge in [0.05, 0.1) is 7.11 Å². The van der Waals surface area contributed by atoms with E-state index in [2.05, 4.69) is 14.7 Å². The molecule has 0 atom stereocenters. The number of carbonyl (C=O) groups is 2. The van der Waals surface area contributed by atoms with E-state index >= 15 is 0 Å². The van der Waals surface area contributed by atoms with E-state index < -0.39 is 11.7 Å². The summed E-state index contributed by atoms with van der Waals surface area (Å²) in [6, 6.07) is 7.77. The van der Waals surface area contributed by atoms with Crippen molar-refractivity contribution >= 4 is 22.8 Å². The second kappa shape index (κ2) is 8.86. The third-order valence-corrected chi connectivity index (χ3v) is 4.83. The molecule has 0 saturated heterocycles. The van der Waals surface area contributed by atoms with Gasteiger partial charge in [0, 0.05) is 24.7 Å². The van der Waals surface area contributed by atoms with Crippen LogP contribution < -0.4 is 0 Å². The summed E-state index contributed by atoms with van der Waals surface area (Å²) in [6.07, 6.45) is 1.99. The first-order valence-corrected chi connectivity index (χ1v) is 9.53. The lowest BCUT2D eigenvalue weighted by molar-refractivity contribution is 0.0590. The molecule has 0 saturated carbocycles. The van der Waals surface area contributed by atoms with Crippen molar-refractivity contribution in [3.63, 3.8) is 0 Å². The average molecular weight is 411 g/mol. The van der Waals surface area contributed by atoms with E-state index in [-0.39, 0.29) is 28.6 Å². The molecule has 0 spiro atoms. The van der Waals surface area contributed by atoms with Crippen LogP contribution in [0.5, 0.6) is 5.75 Å². The Morgan fingerprint density at radius 3 is 2.37 bits per heavy atom. The van der Waals surface area contributed by atoms with Gasteiger partial charge in [0.2, 0.25) is 0 Å². The first-order valence-electron chi connectivity index (χ1n) is 9.53. The number of ether oxygens (including phenoxy) is 1. The Kier molecular flexibility index (Phi) is 6.25. The number of hydrogen-bond donors (Lipinski definition) is 1. The summed E-state index contributed by atoms with van der Waals surface area (Å²) in [4.78, 5) is 35.1. The highest BCUT2D eigenvalue weighted by Crippen LogP contribution is 2.30. The summed E-state index contributed by atoms with van der Waals surface area (Å²) < 4.78 is 17.8. The molecule has 0 aliphatic heterocycles. The number of carbonyl (C=O) groups excluding carboxylic acids is 2. The van der Waals surface area contributed by atoms with Crippen molar-refractivity contribution in [2.45, 2.75) is 20.3 Å². The van der Waals surface area contributed by atoms with E-state index in [0.29, 0.717) is 24.9 Å². The van der Waals surface area contributed by atoms with E-state index in [0.717, 1.165) is 11.1 Å². The van der Waals surface area contributed by atoms with Gasteiger partial charge in [-0.1, -0.05) is 12.1 Å². The molecule has 0 radical (unpaired) electrons. The van der Waals surface area contributed by atoms with Crippen LogP contribution in [-0.4, -0.2) is 52.1 Å². The van der Waals surface area contributed by atoms with E-state index in [1.165, 1.54) is 25.4 Å². The molecule has 1 N–H and O–H groups in total. The zero-order valence-electron chi connectivity index (χ0n) is 17.0. The van der Waals surface area contributed by atoms with E-state index in [4.69, 9.17) is 0 Å². The van der Waals surface area contributed by atoms with Crippen molar-refractivity contribution in [1.82, 2.24) is 14.9 Å². The van der Waals surface area contributed by atoms with Crippen LogP contribution in [0.1, 0.15) is 46.0 Å². The fourth-order valence-electron chi connectivity index (χ4n) is 3.21. The highest BCUT2D eigenvalue weighted by Gasteiger charge is 2.26. The zero-order chi connectivity index (χ0) is 21.8. The molecular weight excluding hydrogens is 389 g/mol. The van der Waals surface area contributed by atoms with Gasteiger partial charge >= 0.3 is 5.97 Å². The number of rotatable bonds is 6. The number of benzene rings is 1. The molecule has 0 fully saturated rings. The molecule has 3 rings (SSSR count). The number of esters is 1. The standard InChI is InChI=1S/C22H22FN3O4/c1-4-26(5-2)21(28)18-16-11-14(10-13-6-8-15(23)9-7-13)12-24-17(16)20(27)19(25-18)22(29)30-3/h6-9,11-12,27H,4-5,10H2,1-3H3. The summed E-state index contributed by atoms with van der Waals surface area (Å²) in [7, 11) is 1.17. The first kappa shape index (κ1) is 21.2. The highest BCUT2D eigenvalue weighted by atomic mass is 19.1. The van der Waals surface area contributed by atoms with E-state index in [1.807, 2.05) is 13.8 Å². The molecular formula is C22H22FN3O4. The van der Waals surface area contributed by atoms with E-state index in [9.17, 15) is 19.1 Å². The van der Waals surface area contributed by atoms with Crippen LogP contribution in [-0.2, 0) is 11.2 Å². The van der Waals surface area contributed by atoms with Gasteiger partial charge in [-0.15, -0.1) is 0 Å². The third kappa shape index (κ3) is 4.07. The monoisotopic (exact) mass is 411 g/mol. The van der Waals surface area contributed by atoms with Gasteiger partial charge in [0.1, 0.15) is 17.0 Å². The van der Waals surface area contributed by atoms with Gasteiger partial charge in [-0.25, -0.2) is 14.2 Å². The highest BCUT2D eigenvalue weighted by molar-refractivity contribution is 6.08. The smallest absolute Gasteiger partial charge is 0.360 e. The Morgan fingerprint density at radius 2 is 1.77 bits per heavy atom. The van der Waals surface area contributed by atoms with Crippen LogP contribution >= 0.6 is 0 Å². The minimum Gasteiger partial charge on any atom is -0.504 e. The molecule has 0 bridgehead atoms. The number of nitrogens with zero attached hydrogens (tertiary/aromatic N) is 3. The second-order valence-electron chi connectivity index (χ2n) is 6.67. The maximum Gasteiger partial charge on any atom is 0.360 e. The summed E-state index contributed by atoms with van der Waals surface area (Å²) in [5.74, 6) is -2.01. The average Bonchev–Trinajstić information content (AvgIpc) is 2.76. The molecule has 0 unspecified atom stereocenters. The quantitative estimate of drug-likeness (QED) is 0.626. The normalized spacial score (nSPS) is 10.8. The maximum atomic E-state index is 13.2. The first-order chi connectivity index (χ1) is 14.4. The minimum atomic E-state index is -0.861. The summed E-state index contributed by atoms with van der Waals surface area (Å²) in [5, 5.41) is 10.9. The largest absolute Gasteiger partial charge is 0.504 e. The summed E-state index contributed by atoms with van der Waals surface area (Å²) in [5.41, 5.74) is 1.34. The Balaban J connectivity index is 2.17. The number of aromatic nitrogens is 2. The van der Waals surface area contributed by atoms with Crippen molar-refractivity contribution < 1.29 is 23.8 Å². The molecule has 30 heavy (non-hydrogen) atoms. The fraction of sp³-hybridized carbons (Fsp3) is 0.273. The zero-order valence-corrected chi connectivity index (χ0v) is 17.0. The molecule has 1 aromatic carbocycles. The number of fused-ring (bicyclic) bond motifs is 1. The summed E-state index contributed by atoms with van der Waals surface area (Å²) in [6.45, 7) is 4.58. The van der Waals surface area contributed by atoms with E-state index in [1.54, 1.807) is 23.1 Å². The van der Waals surface area contributed by atoms with Crippen molar-refractivity contribution in [2.75, 3.05) is 20.2 Å². The topological polar surface area (TPSA) is 92.6 Å². The van der Waals surface area contributed by atoms with Gasteiger partial charge in [-0.05, 0) is 49.6 Å². The number of amides is 1. The Morgan fingerprint density at radius 1 is 1.10 bits per heavy atom. The van der Waals surface area contributed by atoms with Crippen LogP contribution in [0, 0.1) is 5.82 Å². The Hall–Kier alpha value is -3.55. The number of hydrogen-bond acceptors (Lipinski definition) is 6. The SMILES string of the molecule is CCN(CC)C(=O)c1nc(C(=O)OC)c(O)c2ncc(Cc3ccc(F)cc3)cc12. The number of aromatic hydroxyl groups is 1. The van der Waals surface area contributed by atoms with Crippen LogP contribution in [0.3, 0.4) is 0 Å². The summed E-state index contributed by atoms with van der Waals surface area (Å²) >= 11 is 0. The fourth-order valence-corrected chi connectivity index (χ4v) is 3.21. The molecule has 1 amide bonds. The van der Waals surface area contributed by atoms with Crippen LogP contribution in [0.15, 0.2) is 36.5 Å². The van der Waals surface area contributed by atoms with Crippen LogP contribution in [0.25, 0.3) is 10.9 Å². The van der Waals surface area contributed by atoms with Gasteiger partial charge in [0.15, 0.2) is 11.4 Å². The van der Waals surface area contributed by atoms with Crippen LogP contribution in [0.2, 0.25) is 0 Å². The van der Waals surface area contributed by atoms with Crippen molar-refractivity contribution in [3.05, 3.63) is 64.9 Å². The molecule has 0 aliphatic carbocycles. The number of methoxy groups -OCH3 is 1. The van der Waals surface area contributed by atoms with Crippen molar-refractivity contribution in [1.29, 1.82) is 0 Å². The lowest BCUT2D eigenvalue weighted by atomic mass is 10.0. The molecule has 0 aliphatic rings. The molecule has 7 nitrogen and oxygen atoms in total. The van der Waals surface area contributed by atoms with Gasteiger partial charge in [0.25, 0.3) is 5.91 Å². The van der Waals surface area contributed by atoms with Crippen molar-refractivity contribution in [2.24, 2.45) is 0 Å². The van der Waals surface area contributed by atoms with Crippen LogP contribution in [0.4, 0.5) is 4.39 Å². The molecule has 8 heteroatoms. The molecule has 2 heterocycles. The lowest BCUT2D eigenvalue weighted by Crippen LogP contribution is -2.31. The Labute approximate surface area is 173 Å². The molecule has 2 aromatic heterocycles.